The first-order valence-electron chi connectivity index (χ1n) is 8.42. The molecule has 3 rings (SSSR count). The summed E-state index contributed by atoms with van der Waals surface area (Å²) in [5.41, 5.74) is 0.425. The second-order valence-electron chi connectivity index (χ2n) is 6.47. The van der Waals surface area contributed by atoms with E-state index in [0.29, 0.717) is 0 Å². The van der Waals surface area contributed by atoms with Gasteiger partial charge in [0.2, 0.25) is 0 Å². The Bertz CT molecular complexity index is 1210. The zero-order valence-electron chi connectivity index (χ0n) is 15.8. The molecule has 0 unspecified atom stereocenters. The molecule has 1 aliphatic rings. The first-order chi connectivity index (χ1) is 14.0. The van der Waals surface area contributed by atoms with Crippen molar-refractivity contribution in [2.24, 2.45) is 0 Å². The lowest BCUT2D eigenvalue weighted by Crippen LogP contribution is -2.24. The van der Waals surface area contributed by atoms with Gasteiger partial charge in [-0.1, -0.05) is 11.6 Å². The van der Waals surface area contributed by atoms with Crippen LogP contribution in [0.5, 0.6) is 0 Å². The molecule has 0 saturated carbocycles. The van der Waals surface area contributed by atoms with Crippen molar-refractivity contribution in [3.63, 3.8) is 0 Å². The van der Waals surface area contributed by atoms with Crippen LogP contribution >= 0.6 is 11.6 Å². The van der Waals surface area contributed by atoms with Crippen LogP contribution in [0.2, 0.25) is 5.02 Å². The highest BCUT2D eigenvalue weighted by atomic mass is 35.5. The number of nitrogens with zero attached hydrogens (tertiary/aromatic N) is 1. The molecule has 0 atom stereocenters. The summed E-state index contributed by atoms with van der Waals surface area (Å²) in [4.78, 5) is 49.0. The van der Waals surface area contributed by atoms with E-state index in [9.17, 15) is 27.6 Å². The van der Waals surface area contributed by atoms with E-state index >= 15 is 0 Å². The van der Waals surface area contributed by atoms with Crippen LogP contribution in [0.1, 0.15) is 31.1 Å². The van der Waals surface area contributed by atoms with Crippen molar-refractivity contribution in [2.45, 2.75) is 4.90 Å². The molecule has 0 spiro atoms. The van der Waals surface area contributed by atoms with Gasteiger partial charge in [0.05, 0.1) is 26.6 Å². The molecule has 30 heavy (non-hydrogen) atoms. The number of imide groups is 1. The number of hydrogen-bond donors (Lipinski definition) is 1. The minimum absolute atomic E-state index is 0.0290. The van der Waals surface area contributed by atoms with E-state index in [0.717, 1.165) is 17.2 Å². The van der Waals surface area contributed by atoms with E-state index in [1.807, 2.05) is 0 Å². The highest BCUT2D eigenvalue weighted by Gasteiger charge is 2.32. The minimum atomic E-state index is -3.57. The fraction of sp³-hybridized carbons (Fsp3) is 0.158. The standard InChI is InChI=1S/C19H15ClN2O7S/c1-22-17(24)12-5-3-10(7-13(12)18(22)25)21-16(23)9-29-19(26)14-8-11(30(2,27)28)4-6-15(14)20/h3-8H,9H2,1-2H3,(H,21,23). The second-order valence-corrected chi connectivity index (χ2v) is 8.89. The summed E-state index contributed by atoms with van der Waals surface area (Å²) in [6.07, 6.45) is 0.978. The first-order valence-corrected chi connectivity index (χ1v) is 10.7. The number of amides is 3. The van der Waals surface area contributed by atoms with Crippen molar-refractivity contribution >= 4 is 50.8 Å². The SMILES string of the molecule is CN1C(=O)c2ccc(NC(=O)COC(=O)c3cc(S(C)(=O)=O)ccc3Cl)cc2C1=O. The minimum Gasteiger partial charge on any atom is -0.452 e. The number of esters is 1. The monoisotopic (exact) mass is 450 g/mol. The lowest BCUT2D eigenvalue weighted by Gasteiger charge is -2.09. The zero-order valence-corrected chi connectivity index (χ0v) is 17.3. The number of carbonyl (C=O) groups is 4. The normalized spacial score (nSPS) is 13.2. The maximum atomic E-state index is 12.2. The predicted octanol–water partition coefficient (Wildman–Crippen LogP) is 1.76. The lowest BCUT2D eigenvalue weighted by atomic mass is 10.1. The van der Waals surface area contributed by atoms with Gasteiger partial charge in [0.25, 0.3) is 17.7 Å². The van der Waals surface area contributed by atoms with Gasteiger partial charge in [0.15, 0.2) is 16.4 Å². The molecule has 11 heteroatoms. The maximum Gasteiger partial charge on any atom is 0.340 e. The van der Waals surface area contributed by atoms with E-state index in [4.69, 9.17) is 16.3 Å². The van der Waals surface area contributed by atoms with Crippen molar-refractivity contribution in [1.82, 2.24) is 4.90 Å². The van der Waals surface area contributed by atoms with Crippen molar-refractivity contribution < 1.29 is 32.3 Å². The number of halogens is 1. The van der Waals surface area contributed by atoms with Gasteiger partial charge in [-0.2, -0.15) is 0 Å². The Labute approximate surface area is 176 Å². The third kappa shape index (κ3) is 4.19. The van der Waals surface area contributed by atoms with Crippen LogP contribution in [0.15, 0.2) is 41.3 Å². The lowest BCUT2D eigenvalue weighted by molar-refractivity contribution is -0.119. The molecule has 0 aromatic heterocycles. The van der Waals surface area contributed by atoms with Gasteiger partial charge in [-0.3, -0.25) is 19.3 Å². The molecular formula is C19H15ClN2O7S. The highest BCUT2D eigenvalue weighted by molar-refractivity contribution is 7.90. The van der Waals surface area contributed by atoms with Crippen molar-refractivity contribution in [3.05, 3.63) is 58.1 Å². The van der Waals surface area contributed by atoms with E-state index in [1.165, 1.54) is 37.4 Å². The van der Waals surface area contributed by atoms with Crippen molar-refractivity contribution in [3.8, 4) is 0 Å². The topological polar surface area (TPSA) is 127 Å². The van der Waals surface area contributed by atoms with Crippen LogP contribution < -0.4 is 5.32 Å². The van der Waals surface area contributed by atoms with E-state index in [1.54, 1.807) is 0 Å². The van der Waals surface area contributed by atoms with Gasteiger partial charge in [-0.05, 0) is 36.4 Å². The molecule has 3 amide bonds. The molecule has 1 aliphatic heterocycles. The molecule has 0 aliphatic carbocycles. The Morgan fingerprint density at radius 2 is 1.73 bits per heavy atom. The summed E-state index contributed by atoms with van der Waals surface area (Å²) in [7, 11) is -2.21. The van der Waals surface area contributed by atoms with Crippen LogP contribution in [0.3, 0.4) is 0 Å². The summed E-state index contributed by atoms with van der Waals surface area (Å²) < 4.78 is 28.1. The molecule has 0 radical (unpaired) electrons. The molecule has 2 aromatic rings. The molecule has 2 aromatic carbocycles. The number of benzene rings is 2. The van der Waals surface area contributed by atoms with Crippen molar-refractivity contribution in [2.75, 3.05) is 25.2 Å². The largest absolute Gasteiger partial charge is 0.452 e. The Balaban J connectivity index is 1.67. The fourth-order valence-corrected chi connectivity index (χ4v) is 3.58. The fourth-order valence-electron chi connectivity index (χ4n) is 2.74. The van der Waals surface area contributed by atoms with E-state index in [2.05, 4.69) is 5.32 Å². The van der Waals surface area contributed by atoms with E-state index in [-0.39, 0.29) is 32.3 Å². The third-order valence-corrected chi connectivity index (χ3v) is 5.73. The smallest absolute Gasteiger partial charge is 0.340 e. The number of rotatable bonds is 5. The number of nitrogens with one attached hydrogen (secondary N) is 1. The van der Waals surface area contributed by atoms with Gasteiger partial charge in [0, 0.05) is 19.0 Å². The molecule has 0 fully saturated rings. The van der Waals surface area contributed by atoms with Gasteiger partial charge in [0.1, 0.15) is 0 Å². The zero-order chi connectivity index (χ0) is 22.2. The average Bonchev–Trinajstić information content (AvgIpc) is 2.89. The van der Waals surface area contributed by atoms with Crippen LogP contribution in [0, 0.1) is 0 Å². The molecule has 1 heterocycles. The summed E-state index contributed by atoms with van der Waals surface area (Å²) in [5, 5.41) is 2.42. The molecule has 1 N–H and O–H groups in total. The number of fused-ring (bicyclic) bond motifs is 1. The molecule has 9 nitrogen and oxygen atoms in total. The van der Waals surface area contributed by atoms with Gasteiger partial charge < -0.3 is 10.1 Å². The highest BCUT2D eigenvalue weighted by Crippen LogP contribution is 2.25. The average molecular weight is 451 g/mol. The molecular weight excluding hydrogens is 436 g/mol. The number of sulfone groups is 1. The Kier molecular flexibility index (Phi) is 5.64. The van der Waals surface area contributed by atoms with Gasteiger partial charge >= 0.3 is 5.97 Å². The first kappa shape index (κ1) is 21.5. The molecule has 0 bridgehead atoms. The summed E-state index contributed by atoms with van der Waals surface area (Å²) in [5.74, 6) is -2.60. The predicted molar refractivity (Wildman–Crippen MR) is 106 cm³/mol. The van der Waals surface area contributed by atoms with Gasteiger partial charge in [-0.15, -0.1) is 0 Å². The number of anilines is 1. The maximum absolute atomic E-state index is 12.2. The van der Waals surface area contributed by atoms with Crippen LogP contribution in [0.25, 0.3) is 0 Å². The Morgan fingerprint density at radius 3 is 2.40 bits per heavy atom. The molecule has 156 valence electrons. The second kappa shape index (κ2) is 7.88. The Morgan fingerprint density at radius 1 is 1.07 bits per heavy atom. The number of ether oxygens (including phenoxy) is 1. The number of hydrogen-bond acceptors (Lipinski definition) is 7. The summed E-state index contributed by atoms with van der Waals surface area (Å²) >= 11 is 5.92. The molecule has 0 saturated heterocycles. The summed E-state index contributed by atoms with van der Waals surface area (Å²) in [6.45, 7) is -0.678. The third-order valence-electron chi connectivity index (χ3n) is 4.29. The van der Waals surface area contributed by atoms with Crippen LogP contribution in [-0.2, 0) is 19.4 Å². The van der Waals surface area contributed by atoms with Crippen LogP contribution in [-0.4, -0.2) is 56.9 Å². The number of carbonyl (C=O) groups excluding carboxylic acids is 4. The van der Waals surface area contributed by atoms with Crippen molar-refractivity contribution in [1.29, 1.82) is 0 Å². The van der Waals surface area contributed by atoms with Crippen LogP contribution in [0.4, 0.5) is 5.69 Å². The van der Waals surface area contributed by atoms with Gasteiger partial charge in [-0.25, -0.2) is 13.2 Å². The quantitative estimate of drug-likeness (QED) is 0.543. The Hall–Kier alpha value is -3.24. The summed E-state index contributed by atoms with van der Waals surface area (Å²) in [6, 6.07) is 7.77. The van der Waals surface area contributed by atoms with E-state index < -0.39 is 40.1 Å².